The third-order valence-corrected chi connectivity index (χ3v) is 3.08. The molecule has 0 aliphatic carbocycles. The Hall–Kier alpha value is -0.520. The van der Waals surface area contributed by atoms with Crippen molar-refractivity contribution < 1.29 is 4.42 Å². The van der Waals surface area contributed by atoms with E-state index >= 15 is 0 Å². The minimum Gasteiger partial charge on any atom is -0.437 e. The van der Waals surface area contributed by atoms with Crippen molar-refractivity contribution in [3.8, 4) is 0 Å². The van der Waals surface area contributed by atoms with Crippen molar-refractivity contribution in [3.63, 3.8) is 0 Å². The Bertz CT molecular complexity index is 293. The van der Waals surface area contributed by atoms with Gasteiger partial charge in [-0.15, -0.1) is 0 Å². The molecule has 0 radical (unpaired) electrons. The van der Waals surface area contributed by atoms with E-state index in [1.165, 1.54) is 0 Å². The first-order chi connectivity index (χ1) is 7.59. The highest BCUT2D eigenvalue weighted by Gasteiger charge is 2.04. The number of likely N-dealkylation sites (N-methyl/N-ethyl adjacent to an activating group) is 1. The summed E-state index contributed by atoms with van der Waals surface area (Å²) in [5.41, 5.74) is 0.989. The Morgan fingerprint density at radius 1 is 1.31 bits per heavy atom. The van der Waals surface area contributed by atoms with E-state index in [1.807, 2.05) is 13.8 Å². The van der Waals surface area contributed by atoms with Gasteiger partial charge < -0.3 is 14.6 Å². The lowest BCUT2D eigenvalue weighted by Gasteiger charge is -2.09. The maximum atomic E-state index is 5.47. The average Bonchev–Trinajstić information content (AvgIpc) is 2.52. The standard InChI is InChI=1S/C11H21N3OS/c1-9-10(2)15-11(13-9)16-8-6-12-5-7-14(3)4/h12H,5-8H2,1-4H3. The van der Waals surface area contributed by atoms with E-state index in [0.29, 0.717) is 0 Å². The molecule has 0 unspecified atom stereocenters. The van der Waals surface area contributed by atoms with Crippen molar-refractivity contribution in [1.29, 1.82) is 0 Å². The quantitative estimate of drug-likeness (QED) is 0.581. The molecule has 5 heteroatoms. The maximum absolute atomic E-state index is 5.47. The monoisotopic (exact) mass is 243 g/mol. The zero-order valence-electron chi connectivity index (χ0n) is 10.5. The average molecular weight is 243 g/mol. The second kappa shape index (κ2) is 6.93. The van der Waals surface area contributed by atoms with E-state index in [4.69, 9.17) is 4.42 Å². The lowest BCUT2D eigenvalue weighted by Crippen LogP contribution is -2.27. The zero-order chi connectivity index (χ0) is 12.0. The number of nitrogens with one attached hydrogen (secondary N) is 1. The van der Waals surface area contributed by atoms with Crippen LogP contribution in [0.3, 0.4) is 0 Å². The van der Waals surface area contributed by atoms with Gasteiger partial charge in [-0.1, -0.05) is 11.8 Å². The fraction of sp³-hybridized carbons (Fsp3) is 0.727. The van der Waals surface area contributed by atoms with Gasteiger partial charge in [-0.25, -0.2) is 4.98 Å². The maximum Gasteiger partial charge on any atom is 0.256 e. The molecule has 1 aromatic heterocycles. The van der Waals surface area contributed by atoms with Crippen LogP contribution < -0.4 is 5.32 Å². The van der Waals surface area contributed by atoms with Crippen LogP contribution in [0.5, 0.6) is 0 Å². The third kappa shape index (κ3) is 5.01. The van der Waals surface area contributed by atoms with Crippen LogP contribution in [0.4, 0.5) is 0 Å². The second-order valence-corrected chi connectivity index (χ2v) is 5.07. The Labute approximate surface area is 102 Å². The van der Waals surface area contributed by atoms with E-state index < -0.39 is 0 Å². The molecule has 16 heavy (non-hydrogen) atoms. The summed E-state index contributed by atoms with van der Waals surface area (Å²) in [6, 6.07) is 0. The van der Waals surface area contributed by atoms with Gasteiger partial charge >= 0.3 is 0 Å². The molecule has 0 aliphatic heterocycles. The topological polar surface area (TPSA) is 41.3 Å². The number of aromatic nitrogens is 1. The molecule has 92 valence electrons. The molecule has 0 amide bonds. The number of nitrogens with zero attached hydrogens (tertiary/aromatic N) is 2. The Balaban J connectivity index is 2.07. The molecule has 0 atom stereocenters. The molecule has 0 bridgehead atoms. The second-order valence-electron chi connectivity index (χ2n) is 4.02. The Kier molecular flexibility index (Phi) is 5.87. The molecular formula is C11H21N3OS. The van der Waals surface area contributed by atoms with Crippen molar-refractivity contribution in [2.75, 3.05) is 39.5 Å². The van der Waals surface area contributed by atoms with E-state index in [0.717, 1.165) is 42.1 Å². The highest BCUT2D eigenvalue weighted by Crippen LogP contribution is 2.19. The van der Waals surface area contributed by atoms with Crippen LogP contribution in [0.25, 0.3) is 0 Å². The van der Waals surface area contributed by atoms with Gasteiger partial charge in [-0.3, -0.25) is 0 Å². The van der Waals surface area contributed by atoms with Crippen LogP contribution in [0.15, 0.2) is 9.64 Å². The van der Waals surface area contributed by atoms with Gasteiger partial charge in [0.2, 0.25) is 0 Å². The first kappa shape index (κ1) is 13.5. The first-order valence-corrected chi connectivity index (χ1v) is 6.50. The van der Waals surface area contributed by atoms with Crippen LogP contribution in [0.2, 0.25) is 0 Å². The van der Waals surface area contributed by atoms with Gasteiger partial charge in [0.1, 0.15) is 5.76 Å². The molecule has 0 fully saturated rings. The zero-order valence-corrected chi connectivity index (χ0v) is 11.4. The molecular weight excluding hydrogens is 222 g/mol. The van der Waals surface area contributed by atoms with Crippen LogP contribution in [0.1, 0.15) is 11.5 Å². The molecule has 1 heterocycles. The van der Waals surface area contributed by atoms with E-state index in [9.17, 15) is 0 Å². The molecule has 0 spiro atoms. The van der Waals surface area contributed by atoms with Gasteiger partial charge in [-0.05, 0) is 27.9 Å². The normalized spacial score (nSPS) is 11.3. The molecule has 4 nitrogen and oxygen atoms in total. The largest absolute Gasteiger partial charge is 0.437 e. The smallest absolute Gasteiger partial charge is 0.256 e. The predicted molar refractivity (Wildman–Crippen MR) is 68.1 cm³/mol. The summed E-state index contributed by atoms with van der Waals surface area (Å²) in [5.74, 6) is 1.91. The van der Waals surface area contributed by atoms with Crippen LogP contribution in [0, 0.1) is 13.8 Å². The van der Waals surface area contributed by atoms with Gasteiger partial charge in [-0.2, -0.15) is 0 Å². The molecule has 1 aromatic rings. The highest BCUT2D eigenvalue weighted by molar-refractivity contribution is 7.99. The first-order valence-electron chi connectivity index (χ1n) is 5.52. The fourth-order valence-corrected chi connectivity index (χ4v) is 1.95. The highest BCUT2D eigenvalue weighted by atomic mass is 32.2. The minimum absolute atomic E-state index is 0.782. The molecule has 1 rings (SSSR count). The molecule has 0 saturated heterocycles. The lowest BCUT2D eigenvalue weighted by molar-refractivity contribution is 0.402. The number of hydrogen-bond acceptors (Lipinski definition) is 5. The third-order valence-electron chi connectivity index (χ3n) is 2.25. The van der Waals surface area contributed by atoms with Crippen molar-refractivity contribution in [2.45, 2.75) is 19.1 Å². The molecule has 0 aromatic carbocycles. The summed E-state index contributed by atoms with van der Waals surface area (Å²) in [4.78, 5) is 6.48. The summed E-state index contributed by atoms with van der Waals surface area (Å²) in [6.07, 6.45) is 0. The van der Waals surface area contributed by atoms with Crippen LogP contribution >= 0.6 is 11.8 Å². The Morgan fingerprint density at radius 3 is 2.62 bits per heavy atom. The summed E-state index contributed by atoms with van der Waals surface area (Å²) in [7, 11) is 4.16. The SMILES string of the molecule is Cc1nc(SCCNCCN(C)C)oc1C. The van der Waals surface area contributed by atoms with Crippen molar-refractivity contribution >= 4 is 11.8 Å². The number of rotatable bonds is 7. The van der Waals surface area contributed by atoms with Gasteiger partial charge in [0.25, 0.3) is 5.22 Å². The lowest BCUT2D eigenvalue weighted by atomic mass is 10.4. The molecule has 1 N–H and O–H groups in total. The molecule has 0 aliphatic rings. The van der Waals surface area contributed by atoms with Gasteiger partial charge in [0, 0.05) is 25.4 Å². The van der Waals surface area contributed by atoms with Crippen molar-refractivity contribution in [2.24, 2.45) is 0 Å². The predicted octanol–water partition coefficient (Wildman–Crippen LogP) is 1.53. The molecule has 0 saturated carbocycles. The van der Waals surface area contributed by atoms with Crippen molar-refractivity contribution in [1.82, 2.24) is 15.2 Å². The van der Waals surface area contributed by atoms with Crippen LogP contribution in [-0.2, 0) is 0 Å². The van der Waals surface area contributed by atoms with Gasteiger partial charge in [0.15, 0.2) is 0 Å². The number of thioether (sulfide) groups is 1. The fourth-order valence-electron chi connectivity index (χ4n) is 1.14. The van der Waals surface area contributed by atoms with Gasteiger partial charge in [0.05, 0.1) is 5.69 Å². The number of aryl methyl sites for hydroxylation is 2. The Morgan fingerprint density at radius 2 is 2.06 bits per heavy atom. The van der Waals surface area contributed by atoms with Crippen molar-refractivity contribution in [3.05, 3.63) is 11.5 Å². The summed E-state index contributed by atoms with van der Waals surface area (Å²) in [5, 5.41) is 4.16. The van der Waals surface area contributed by atoms with Crippen LogP contribution in [-0.4, -0.2) is 49.4 Å². The van der Waals surface area contributed by atoms with E-state index in [-0.39, 0.29) is 0 Å². The number of oxazole rings is 1. The summed E-state index contributed by atoms with van der Waals surface area (Å²) in [6.45, 7) is 7.00. The van der Waals surface area contributed by atoms with E-state index in [1.54, 1.807) is 11.8 Å². The number of hydrogen-bond donors (Lipinski definition) is 1. The summed E-state index contributed by atoms with van der Waals surface area (Å²) < 4.78 is 5.47. The van der Waals surface area contributed by atoms with E-state index in [2.05, 4.69) is 29.3 Å². The summed E-state index contributed by atoms with van der Waals surface area (Å²) >= 11 is 1.66. The minimum atomic E-state index is 0.782.